The molecule has 2 rings (SSSR count). The summed E-state index contributed by atoms with van der Waals surface area (Å²) in [6, 6.07) is 0. The summed E-state index contributed by atoms with van der Waals surface area (Å²) >= 11 is 6.43. The van der Waals surface area contributed by atoms with Crippen molar-refractivity contribution in [3.63, 3.8) is 0 Å². The Morgan fingerprint density at radius 1 is 1.50 bits per heavy atom. The molecule has 20 heavy (non-hydrogen) atoms. The second-order valence-corrected chi connectivity index (χ2v) is 5.51. The molecule has 7 nitrogen and oxygen atoms in total. The summed E-state index contributed by atoms with van der Waals surface area (Å²) < 4.78 is 2.55. The minimum Gasteiger partial charge on any atom is -0.395 e. The van der Waals surface area contributed by atoms with Crippen molar-refractivity contribution >= 4 is 49.3 Å². The van der Waals surface area contributed by atoms with Crippen LogP contribution >= 0.6 is 31.9 Å². The second kappa shape index (κ2) is 5.88. The average Bonchev–Trinajstić information content (AvgIpc) is 2.68. The summed E-state index contributed by atoms with van der Waals surface area (Å²) in [5, 5.41) is 6.86. The van der Waals surface area contributed by atoms with E-state index in [4.69, 9.17) is 5.73 Å². The number of aromatic nitrogens is 4. The Kier molecular flexibility index (Phi) is 4.39. The number of nitrogens with zero attached hydrogens (tertiary/aromatic N) is 4. The van der Waals surface area contributed by atoms with E-state index in [0.717, 1.165) is 0 Å². The summed E-state index contributed by atoms with van der Waals surface area (Å²) in [7, 11) is 0. The quantitative estimate of drug-likeness (QED) is 0.819. The molecule has 0 unspecified atom stereocenters. The lowest BCUT2D eigenvalue weighted by molar-refractivity contribution is 0.101. The SMILES string of the molecule is CCn1nc(C)c(N)c1C(=O)Nc1ncc(Br)nc1Br. The minimum absolute atomic E-state index is 0.319. The monoisotopic (exact) mass is 402 g/mol. The third-order valence-corrected chi connectivity index (χ3v) is 3.56. The standard InChI is InChI=1S/C11H12Br2N6O/c1-3-19-8(7(14)5(2)18-19)11(20)17-10-9(13)16-6(12)4-15-10/h4H,3,14H2,1-2H3,(H,15,17,20). The first-order valence-electron chi connectivity index (χ1n) is 5.76. The van der Waals surface area contributed by atoms with Crippen LogP contribution in [0.3, 0.4) is 0 Å². The van der Waals surface area contributed by atoms with Crippen LogP contribution in [-0.4, -0.2) is 25.7 Å². The zero-order chi connectivity index (χ0) is 14.9. The maximum Gasteiger partial charge on any atom is 0.277 e. The maximum absolute atomic E-state index is 12.3. The Hall–Kier alpha value is -1.48. The van der Waals surface area contributed by atoms with Gasteiger partial charge in [0.2, 0.25) is 0 Å². The van der Waals surface area contributed by atoms with Crippen LogP contribution in [0.1, 0.15) is 23.1 Å². The van der Waals surface area contributed by atoms with Crippen molar-refractivity contribution in [2.24, 2.45) is 0 Å². The number of hydrogen-bond acceptors (Lipinski definition) is 5. The van der Waals surface area contributed by atoms with Crippen molar-refractivity contribution in [3.05, 3.63) is 26.8 Å². The van der Waals surface area contributed by atoms with E-state index < -0.39 is 0 Å². The Morgan fingerprint density at radius 3 is 2.80 bits per heavy atom. The van der Waals surface area contributed by atoms with Crippen LogP contribution in [0, 0.1) is 6.92 Å². The first kappa shape index (κ1) is 14.9. The number of nitrogens with one attached hydrogen (secondary N) is 1. The highest BCUT2D eigenvalue weighted by Crippen LogP contribution is 2.22. The zero-order valence-electron chi connectivity index (χ0n) is 10.8. The molecular weight excluding hydrogens is 392 g/mol. The van der Waals surface area contributed by atoms with E-state index >= 15 is 0 Å². The third kappa shape index (κ3) is 2.83. The smallest absolute Gasteiger partial charge is 0.277 e. The molecule has 106 valence electrons. The first-order valence-corrected chi connectivity index (χ1v) is 7.35. The Labute approximate surface area is 132 Å². The number of amides is 1. The molecule has 3 N–H and O–H groups in total. The van der Waals surface area contributed by atoms with E-state index in [9.17, 15) is 4.79 Å². The predicted octanol–water partition coefficient (Wildman–Crippen LogP) is 2.36. The number of carbonyl (C=O) groups is 1. The molecule has 0 atom stereocenters. The van der Waals surface area contributed by atoms with E-state index in [-0.39, 0.29) is 5.91 Å². The van der Waals surface area contributed by atoms with Gasteiger partial charge in [0.25, 0.3) is 5.91 Å². The number of nitrogens with two attached hydrogens (primary N) is 1. The van der Waals surface area contributed by atoms with Crippen LogP contribution in [-0.2, 0) is 6.54 Å². The molecule has 1 amide bonds. The summed E-state index contributed by atoms with van der Waals surface area (Å²) in [5.74, 6) is -0.0543. The Bertz CT molecular complexity index is 669. The number of rotatable bonds is 3. The molecule has 0 saturated carbocycles. The fraction of sp³-hybridized carbons (Fsp3) is 0.273. The molecule has 0 aromatic carbocycles. The van der Waals surface area contributed by atoms with Gasteiger partial charge in [-0.05, 0) is 45.7 Å². The largest absolute Gasteiger partial charge is 0.395 e. The van der Waals surface area contributed by atoms with Gasteiger partial charge in [-0.2, -0.15) is 5.10 Å². The van der Waals surface area contributed by atoms with E-state index in [1.807, 2.05) is 6.92 Å². The van der Waals surface area contributed by atoms with Crippen molar-refractivity contribution in [1.29, 1.82) is 0 Å². The molecule has 2 aromatic heterocycles. The van der Waals surface area contributed by atoms with Crippen LogP contribution in [0.25, 0.3) is 0 Å². The van der Waals surface area contributed by atoms with Gasteiger partial charge < -0.3 is 11.1 Å². The van der Waals surface area contributed by atoms with Crippen molar-refractivity contribution in [2.75, 3.05) is 11.1 Å². The van der Waals surface area contributed by atoms with Crippen LogP contribution in [0.5, 0.6) is 0 Å². The van der Waals surface area contributed by atoms with E-state index in [1.54, 1.807) is 11.6 Å². The molecule has 0 saturated heterocycles. The third-order valence-electron chi connectivity index (χ3n) is 2.62. The molecule has 0 aliphatic rings. The van der Waals surface area contributed by atoms with Crippen molar-refractivity contribution in [1.82, 2.24) is 19.7 Å². The summed E-state index contributed by atoms with van der Waals surface area (Å²) in [6.45, 7) is 4.19. The van der Waals surface area contributed by atoms with Crippen LogP contribution < -0.4 is 11.1 Å². The van der Waals surface area contributed by atoms with Gasteiger partial charge in [-0.1, -0.05) is 0 Å². The van der Waals surface area contributed by atoms with Gasteiger partial charge >= 0.3 is 0 Å². The van der Waals surface area contributed by atoms with Gasteiger partial charge in [-0.15, -0.1) is 0 Å². The average molecular weight is 404 g/mol. The number of carbonyl (C=O) groups excluding carboxylic acids is 1. The van der Waals surface area contributed by atoms with Gasteiger partial charge in [-0.3, -0.25) is 9.48 Å². The van der Waals surface area contributed by atoms with Crippen molar-refractivity contribution in [2.45, 2.75) is 20.4 Å². The Morgan fingerprint density at radius 2 is 2.20 bits per heavy atom. The maximum atomic E-state index is 12.3. The number of halogens is 2. The van der Waals surface area contributed by atoms with Crippen LogP contribution in [0.15, 0.2) is 15.4 Å². The molecule has 0 bridgehead atoms. The number of hydrogen-bond donors (Lipinski definition) is 2. The van der Waals surface area contributed by atoms with E-state index in [1.165, 1.54) is 6.20 Å². The van der Waals surface area contributed by atoms with Gasteiger partial charge in [0.15, 0.2) is 5.82 Å². The minimum atomic E-state index is -0.373. The second-order valence-electron chi connectivity index (χ2n) is 3.95. The molecule has 0 aliphatic heterocycles. The molecule has 0 spiro atoms. The summed E-state index contributed by atoms with van der Waals surface area (Å²) in [4.78, 5) is 20.5. The topological polar surface area (TPSA) is 98.7 Å². The normalized spacial score (nSPS) is 10.6. The molecular formula is C11H12Br2N6O. The predicted molar refractivity (Wildman–Crippen MR) is 82.4 cm³/mol. The van der Waals surface area contributed by atoms with Gasteiger partial charge in [0.05, 0.1) is 17.6 Å². The highest BCUT2D eigenvalue weighted by Gasteiger charge is 2.20. The van der Waals surface area contributed by atoms with Crippen molar-refractivity contribution < 1.29 is 4.79 Å². The summed E-state index contributed by atoms with van der Waals surface area (Å²) in [6.07, 6.45) is 1.49. The van der Waals surface area contributed by atoms with Crippen LogP contribution in [0.2, 0.25) is 0 Å². The lowest BCUT2D eigenvalue weighted by Gasteiger charge is -2.08. The fourth-order valence-corrected chi connectivity index (χ4v) is 2.57. The van der Waals surface area contributed by atoms with E-state index in [0.29, 0.717) is 38.6 Å². The number of nitrogen functional groups attached to an aromatic ring is 1. The lowest BCUT2D eigenvalue weighted by atomic mass is 10.3. The highest BCUT2D eigenvalue weighted by atomic mass is 79.9. The number of aryl methyl sites for hydroxylation is 2. The van der Waals surface area contributed by atoms with Gasteiger partial charge in [-0.25, -0.2) is 9.97 Å². The van der Waals surface area contributed by atoms with Gasteiger partial charge in [0, 0.05) is 6.54 Å². The zero-order valence-corrected chi connectivity index (χ0v) is 14.0. The number of anilines is 2. The molecule has 0 aliphatic carbocycles. The fourth-order valence-electron chi connectivity index (χ4n) is 1.66. The van der Waals surface area contributed by atoms with Gasteiger partial charge in [0.1, 0.15) is 14.9 Å². The molecule has 2 heterocycles. The highest BCUT2D eigenvalue weighted by molar-refractivity contribution is 9.11. The molecule has 9 heteroatoms. The molecule has 0 fully saturated rings. The van der Waals surface area contributed by atoms with E-state index in [2.05, 4.69) is 52.2 Å². The first-order chi connectivity index (χ1) is 9.43. The summed E-state index contributed by atoms with van der Waals surface area (Å²) in [5.41, 5.74) is 7.21. The lowest BCUT2D eigenvalue weighted by Crippen LogP contribution is -2.19. The Balaban J connectivity index is 2.33. The molecule has 2 aromatic rings. The van der Waals surface area contributed by atoms with Crippen LogP contribution in [0.4, 0.5) is 11.5 Å². The van der Waals surface area contributed by atoms with Crippen molar-refractivity contribution in [3.8, 4) is 0 Å². The molecule has 0 radical (unpaired) electrons.